The maximum atomic E-state index is 5.42. The van der Waals surface area contributed by atoms with Crippen molar-refractivity contribution in [2.24, 2.45) is 5.16 Å². The molecule has 4 heteroatoms. The molecule has 0 unspecified atom stereocenters. The summed E-state index contributed by atoms with van der Waals surface area (Å²) in [5.41, 5.74) is 8.43. The lowest BCUT2D eigenvalue weighted by molar-refractivity contribution is 0.159. The smallest absolute Gasteiger partial charge is 0.118 e. The van der Waals surface area contributed by atoms with Crippen molar-refractivity contribution in [2.45, 2.75) is 52.4 Å². The van der Waals surface area contributed by atoms with Crippen LogP contribution in [-0.4, -0.2) is 17.3 Å². The molecule has 4 rings (SSSR count). The molecule has 29 heavy (non-hydrogen) atoms. The van der Waals surface area contributed by atoms with E-state index >= 15 is 0 Å². The fraction of sp³-hybridized carbons (Fsp3) is 0.360. The second-order valence-electron chi connectivity index (χ2n) is 7.82. The van der Waals surface area contributed by atoms with E-state index in [2.05, 4.69) is 66.8 Å². The molecule has 0 radical (unpaired) electrons. The largest absolute Gasteiger partial charge is 0.396 e. The van der Waals surface area contributed by atoms with Crippen molar-refractivity contribution in [3.63, 3.8) is 0 Å². The van der Waals surface area contributed by atoms with Gasteiger partial charge in [0.2, 0.25) is 0 Å². The lowest BCUT2D eigenvalue weighted by atomic mass is 10.00. The predicted molar refractivity (Wildman–Crippen MR) is 122 cm³/mol. The third-order valence-corrected chi connectivity index (χ3v) is 6.50. The Balaban J connectivity index is 1.43. The maximum Gasteiger partial charge on any atom is 0.118 e. The predicted octanol–water partition coefficient (Wildman–Crippen LogP) is 6.60. The first-order valence-corrected chi connectivity index (χ1v) is 11.4. The van der Waals surface area contributed by atoms with E-state index in [0.29, 0.717) is 12.5 Å². The van der Waals surface area contributed by atoms with Gasteiger partial charge in [0, 0.05) is 22.4 Å². The van der Waals surface area contributed by atoms with Crippen LogP contribution in [0.1, 0.15) is 66.9 Å². The van der Waals surface area contributed by atoms with Gasteiger partial charge in [-0.2, -0.15) is 0 Å². The van der Waals surface area contributed by atoms with Crippen LogP contribution in [0.4, 0.5) is 0 Å². The van der Waals surface area contributed by atoms with E-state index < -0.39 is 0 Å². The SMILES string of the molecule is CCO/N=C1/c2ccccc2-c2ccc(CCCCc3csc(C(C)C)n3)cc21. The number of fused-ring (bicyclic) bond motifs is 3. The van der Waals surface area contributed by atoms with Crippen LogP contribution in [-0.2, 0) is 17.7 Å². The van der Waals surface area contributed by atoms with Crippen LogP contribution in [0.15, 0.2) is 53.0 Å². The van der Waals surface area contributed by atoms with Gasteiger partial charge >= 0.3 is 0 Å². The van der Waals surface area contributed by atoms with Crippen molar-refractivity contribution < 1.29 is 4.84 Å². The van der Waals surface area contributed by atoms with E-state index in [-0.39, 0.29) is 0 Å². The van der Waals surface area contributed by atoms with Gasteiger partial charge in [-0.3, -0.25) is 0 Å². The molecule has 0 atom stereocenters. The highest BCUT2D eigenvalue weighted by molar-refractivity contribution is 7.09. The summed E-state index contributed by atoms with van der Waals surface area (Å²) in [5, 5.41) is 7.90. The number of rotatable bonds is 8. The molecule has 2 aromatic carbocycles. The topological polar surface area (TPSA) is 34.5 Å². The summed E-state index contributed by atoms with van der Waals surface area (Å²) in [5.74, 6) is 0.525. The van der Waals surface area contributed by atoms with Gasteiger partial charge in [-0.05, 0) is 55.4 Å². The van der Waals surface area contributed by atoms with Crippen molar-refractivity contribution in [3.05, 3.63) is 75.2 Å². The van der Waals surface area contributed by atoms with Crippen LogP contribution in [0.5, 0.6) is 0 Å². The highest BCUT2D eigenvalue weighted by Crippen LogP contribution is 2.37. The molecule has 0 saturated carbocycles. The zero-order valence-electron chi connectivity index (χ0n) is 17.4. The molecular formula is C25H28N2OS. The normalized spacial score (nSPS) is 13.7. The molecule has 0 N–H and O–H groups in total. The van der Waals surface area contributed by atoms with Crippen LogP contribution in [0, 0.1) is 0 Å². The second kappa shape index (κ2) is 8.91. The van der Waals surface area contributed by atoms with Gasteiger partial charge in [-0.1, -0.05) is 55.4 Å². The van der Waals surface area contributed by atoms with Crippen molar-refractivity contribution in [2.75, 3.05) is 6.61 Å². The average Bonchev–Trinajstić information content (AvgIpc) is 3.33. The molecular weight excluding hydrogens is 376 g/mol. The zero-order valence-corrected chi connectivity index (χ0v) is 18.3. The highest BCUT2D eigenvalue weighted by Gasteiger charge is 2.25. The Hall–Kier alpha value is -2.46. The van der Waals surface area contributed by atoms with E-state index in [1.54, 1.807) is 11.3 Å². The third-order valence-electron chi connectivity index (χ3n) is 5.31. The summed E-state index contributed by atoms with van der Waals surface area (Å²) in [6.45, 7) is 6.96. The van der Waals surface area contributed by atoms with Gasteiger partial charge in [0.05, 0.1) is 10.7 Å². The van der Waals surface area contributed by atoms with Gasteiger partial charge in [0.1, 0.15) is 12.3 Å². The van der Waals surface area contributed by atoms with E-state index in [0.717, 1.165) is 30.5 Å². The monoisotopic (exact) mass is 404 g/mol. The number of nitrogens with zero attached hydrogens (tertiary/aromatic N) is 2. The summed E-state index contributed by atoms with van der Waals surface area (Å²) < 4.78 is 0. The summed E-state index contributed by atoms with van der Waals surface area (Å²) in [7, 11) is 0. The average molecular weight is 405 g/mol. The van der Waals surface area contributed by atoms with Crippen molar-refractivity contribution in [1.29, 1.82) is 0 Å². The fourth-order valence-corrected chi connectivity index (χ4v) is 4.68. The first-order valence-electron chi connectivity index (χ1n) is 10.5. The maximum absolute atomic E-state index is 5.42. The first kappa shape index (κ1) is 19.8. The van der Waals surface area contributed by atoms with Crippen LogP contribution in [0.2, 0.25) is 0 Å². The van der Waals surface area contributed by atoms with Crippen LogP contribution >= 0.6 is 11.3 Å². The minimum atomic E-state index is 0.525. The lowest BCUT2D eigenvalue weighted by Gasteiger charge is -2.06. The number of aromatic nitrogens is 1. The molecule has 0 fully saturated rings. The molecule has 150 valence electrons. The summed E-state index contributed by atoms with van der Waals surface area (Å²) in [4.78, 5) is 10.2. The Labute approximate surface area is 177 Å². The number of aryl methyl sites for hydroxylation is 2. The molecule has 0 spiro atoms. The Kier molecular flexibility index (Phi) is 6.10. The number of unbranched alkanes of at least 4 members (excludes halogenated alkanes) is 1. The Morgan fingerprint density at radius 1 is 0.966 bits per heavy atom. The number of hydrogen-bond acceptors (Lipinski definition) is 4. The Bertz CT molecular complexity index is 1020. The zero-order chi connectivity index (χ0) is 20.2. The second-order valence-corrected chi connectivity index (χ2v) is 8.71. The van der Waals surface area contributed by atoms with Crippen molar-refractivity contribution in [3.8, 4) is 11.1 Å². The lowest BCUT2D eigenvalue weighted by Crippen LogP contribution is -2.01. The molecule has 0 amide bonds. The molecule has 1 aromatic heterocycles. The van der Waals surface area contributed by atoms with Gasteiger partial charge in [-0.25, -0.2) is 4.98 Å². The third kappa shape index (κ3) is 4.27. The number of thiazole rings is 1. The van der Waals surface area contributed by atoms with Crippen LogP contribution < -0.4 is 0 Å². The summed E-state index contributed by atoms with van der Waals surface area (Å²) in [6.07, 6.45) is 4.47. The molecule has 0 aliphatic heterocycles. The molecule has 3 aromatic rings. The van der Waals surface area contributed by atoms with E-state index in [1.807, 2.05) is 6.92 Å². The minimum Gasteiger partial charge on any atom is -0.396 e. The van der Waals surface area contributed by atoms with Gasteiger partial charge < -0.3 is 4.84 Å². The summed E-state index contributed by atoms with van der Waals surface area (Å²) >= 11 is 1.79. The molecule has 1 aliphatic rings. The fourth-order valence-electron chi connectivity index (χ4n) is 3.81. The Morgan fingerprint density at radius 2 is 1.72 bits per heavy atom. The van der Waals surface area contributed by atoms with Crippen molar-refractivity contribution >= 4 is 17.0 Å². The molecule has 0 bridgehead atoms. The number of hydrogen-bond donors (Lipinski definition) is 0. The van der Waals surface area contributed by atoms with Gasteiger partial charge in [-0.15, -0.1) is 11.3 Å². The van der Waals surface area contributed by atoms with Gasteiger partial charge in [0.15, 0.2) is 0 Å². The standard InChI is InChI=1S/C25H28N2OS/c1-4-28-27-24-22-12-8-7-11-20(22)21-14-13-18(15-23(21)24)9-5-6-10-19-16-29-25(26-19)17(2)3/h7-8,11-17H,4-6,9-10H2,1-3H3/b27-24-. The van der Waals surface area contributed by atoms with Crippen molar-refractivity contribution in [1.82, 2.24) is 4.98 Å². The summed E-state index contributed by atoms with van der Waals surface area (Å²) in [6, 6.07) is 15.3. The van der Waals surface area contributed by atoms with Crippen LogP contribution in [0.3, 0.4) is 0 Å². The van der Waals surface area contributed by atoms with Gasteiger partial charge in [0.25, 0.3) is 0 Å². The molecule has 1 heterocycles. The Morgan fingerprint density at radius 3 is 2.48 bits per heavy atom. The quantitative estimate of drug-likeness (QED) is 0.245. The molecule has 3 nitrogen and oxygen atoms in total. The highest BCUT2D eigenvalue weighted by atomic mass is 32.1. The molecule has 1 aliphatic carbocycles. The van der Waals surface area contributed by atoms with E-state index in [1.165, 1.54) is 39.4 Å². The number of benzene rings is 2. The minimum absolute atomic E-state index is 0.525. The van der Waals surface area contributed by atoms with E-state index in [4.69, 9.17) is 9.82 Å². The first-order chi connectivity index (χ1) is 14.2. The molecule has 0 saturated heterocycles. The van der Waals surface area contributed by atoms with E-state index in [9.17, 15) is 0 Å². The number of oxime groups is 1. The van der Waals surface area contributed by atoms with Crippen LogP contribution in [0.25, 0.3) is 11.1 Å².